The molecule has 162 valence electrons. The van der Waals surface area contributed by atoms with Gasteiger partial charge in [-0.15, -0.1) is 0 Å². The summed E-state index contributed by atoms with van der Waals surface area (Å²) in [5.74, 6) is 0.760. The summed E-state index contributed by atoms with van der Waals surface area (Å²) in [6.45, 7) is 6.11. The summed E-state index contributed by atoms with van der Waals surface area (Å²) < 4.78 is 6.92. The van der Waals surface area contributed by atoms with Crippen molar-refractivity contribution in [2.24, 2.45) is 0 Å². The van der Waals surface area contributed by atoms with Crippen LogP contribution in [0.4, 0.5) is 5.82 Å². The van der Waals surface area contributed by atoms with Crippen molar-refractivity contribution in [2.75, 3.05) is 26.0 Å². The van der Waals surface area contributed by atoms with Crippen molar-refractivity contribution in [2.45, 2.75) is 26.2 Å². The quantitative estimate of drug-likeness (QED) is 0.656. The number of anilines is 1. The number of amides is 2. The lowest BCUT2D eigenvalue weighted by molar-refractivity contribution is -0.116. The summed E-state index contributed by atoms with van der Waals surface area (Å²) in [5.41, 5.74) is 1.97. The molecule has 0 radical (unpaired) electrons. The van der Waals surface area contributed by atoms with Crippen molar-refractivity contribution >= 4 is 17.6 Å². The Morgan fingerprint density at radius 1 is 1.06 bits per heavy atom. The van der Waals surface area contributed by atoms with Crippen LogP contribution in [0.1, 0.15) is 36.8 Å². The highest BCUT2D eigenvalue weighted by Crippen LogP contribution is 2.27. The first-order chi connectivity index (χ1) is 14.7. The van der Waals surface area contributed by atoms with E-state index >= 15 is 0 Å². The van der Waals surface area contributed by atoms with Crippen molar-refractivity contribution < 1.29 is 14.3 Å². The number of methoxy groups -OCH3 is 1. The molecule has 0 fully saturated rings. The van der Waals surface area contributed by atoms with Crippen molar-refractivity contribution in [3.8, 4) is 11.4 Å². The number of rotatable bonds is 6. The molecule has 2 amide bonds. The third-order valence-corrected chi connectivity index (χ3v) is 4.81. The number of ether oxygens (including phenoxy) is 1. The fraction of sp³-hybridized carbons (Fsp3) is 0.292. The van der Waals surface area contributed by atoms with E-state index in [2.05, 4.69) is 26.1 Å². The minimum Gasteiger partial charge on any atom is -0.497 e. The van der Waals surface area contributed by atoms with Crippen LogP contribution in [0.3, 0.4) is 0 Å². The molecule has 1 heterocycles. The summed E-state index contributed by atoms with van der Waals surface area (Å²) in [7, 11) is 3.22. The number of nitrogens with one attached hydrogen (secondary N) is 1. The summed E-state index contributed by atoms with van der Waals surface area (Å²) in [5, 5.41) is 7.61. The third-order valence-electron chi connectivity index (χ3n) is 4.81. The first-order valence-electron chi connectivity index (χ1n) is 10.0. The van der Waals surface area contributed by atoms with E-state index in [4.69, 9.17) is 9.84 Å². The Labute approximate surface area is 182 Å². The van der Waals surface area contributed by atoms with Gasteiger partial charge in [-0.25, -0.2) is 4.68 Å². The molecule has 1 aromatic heterocycles. The lowest BCUT2D eigenvalue weighted by Gasteiger charge is -2.17. The predicted molar refractivity (Wildman–Crippen MR) is 121 cm³/mol. The Balaban J connectivity index is 1.81. The van der Waals surface area contributed by atoms with E-state index in [1.165, 1.54) is 4.90 Å². The normalized spacial score (nSPS) is 11.1. The second kappa shape index (κ2) is 9.04. The second-order valence-corrected chi connectivity index (χ2v) is 8.35. The molecule has 0 aliphatic heterocycles. The van der Waals surface area contributed by atoms with Gasteiger partial charge in [-0.05, 0) is 36.4 Å². The lowest BCUT2D eigenvalue weighted by atomic mass is 9.92. The number of nitrogens with zero attached hydrogens (tertiary/aromatic N) is 3. The van der Waals surface area contributed by atoms with Crippen LogP contribution in [0, 0.1) is 0 Å². The molecule has 0 saturated carbocycles. The van der Waals surface area contributed by atoms with Gasteiger partial charge in [0.2, 0.25) is 5.91 Å². The number of likely N-dealkylation sites (N-methyl/N-ethyl adjacent to an activating group) is 1. The number of carbonyl (C=O) groups is 2. The Morgan fingerprint density at radius 2 is 1.71 bits per heavy atom. The van der Waals surface area contributed by atoms with Crippen LogP contribution in [0.2, 0.25) is 0 Å². The number of aromatic nitrogens is 2. The number of carbonyl (C=O) groups excluding carboxylic acids is 2. The van der Waals surface area contributed by atoms with E-state index < -0.39 is 0 Å². The maximum atomic E-state index is 12.7. The summed E-state index contributed by atoms with van der Waals surface area (Å²) in [6, 6.07) is 18.2. The highest BCUT2D eigenvalue weighted by atomic mass is 16.5. The standard InChI is InChI=1S/C24H28N4O3/c1-24(2,3)20-15-21(28(26-20)18-11-13-19(31-5)14-12-18)25-22(29)16-27(4)23(30)17-9-7-6-8-10-17/h6-15H,16H2,1-5H3,(H,25,29). The monoisotopic (exact) mass is 420 g/mol. The van der Waals surface area contributed by atoms with Gasteiger partial charge in [-0.1, -0.05) is 39.0 Å². The minimum absolute atomic E-state index is 0.0770. The maximum Gasteiger partial charge on any atom is 0.254 e. The van der Waals surface area contributed by atoms with Gasteiger partial charge in [0.05, 0.1) is 25.0 Å². The van der Waals surface area contributed by atoms with Crippen LogP contribution in [-0.2, 0) is 10.2 Å². The molecule has 0 bridgehead atoms. The van der Waals surface area contributed by atoms with Gasteiger partial charge in [0.1, 0.15) is 11.6 Å². The molecule has 0 aliphatic rings. The Kier molecular flexibility index (Phi) is 6.44. The van der Waals surface area contributed by atoms with Crippen LogP contribution in [-0.4, -0.2) is 47.2 Å². The maximum absolute atomic E-state index is 12.7. The Hall–Kier alpha value is -3.61. The van der Waals surface area contributed by atoms with E-state index in [9.17, 15) is 9.59 Å². The molecule has 7 nitrogen and oxygen atoms in total. The van der Waals surface area contributed by atoms with Crippen LogP contribution < -0.4 is 10.1 Å². The first kappa shape index (κ1) is 22.1. The van der Waals surface area contributed by atoms with Gasteiger partial charge >= 0.3 is 0 Å². The topological polar surface area (TPSA) is 76.5 Å². The van der Waals surface area contributed by atoms with Crippen LogP contribution in [0.15, 0.2) is 60.7 Å². The molecule has 0 atom stereocenters. The smallest absolute Gasteiger partial charge is 0.254 e. The van der Waals surface area contributed by atoms with Gasteiger partial charge in [-0.2, -0.15) is 5.10 Å². The van der Waals surface area contributed by atoms with E-state index in [1.54, 1.807) is 43.1 Å². The van der Waals surface area contributed by atoms with Crippen LogP contribution in [0.5, 0.6) is 5.75 Å². The minimum atomic E-state index is -0.304. The largest absolute Gasteiger partial charge is 0.497 e. The van der Waals surface area contributed by atoms with Crippen molar-refractivity contribution in [1.29, 1.82) is 0 Å². The summed E-state index contributed by atoms with van der Waals surface area (Å²) in [6.07, 6.45) is 0. The first-order valence-corrected chi connectivity index (χ1v) is 10.0. The second-order valence-electron chi connectivity index (χ2n) is 8.35. The zero-order valence-electron chi connectivity index (χ0n) is 18.5. The van der Waals surface area contributed by atoms with Crippen molar-refractivity contribution in [1.82, 2.24) is 14.7 Å². The fourth-order valence-corrected chi connectivity index (χ4v) is 3.03. The highest BCUT2D eigenvalue weighted by Gasteiger charge is 2.22. The van der Waals surface area contributed by atoms with Crippen molar-refractivity contribution in [3.63, 3.8) is 0 Å². The van der Waals surface area contributed by atoms with Gasteiger partial charge in [0, 0.05) is 24.1 Å². The Morgan fingerprint density at radius 3 is 2.29 bits per heavy atom. The van der Waals surface area contributed by atoms with Gasteiger partial charge in [0.15, 0.2) is 0 Å². The summed E-state index contributed by atoms with van der Waals surface area (Å²) in [4.78, 5) is 26.7. The lowest BCUT2D eigenvalue weighted by Crippen LogP contribution is -2.35. The molecule has 0 saturated heterocycles. The molecule has 3 aromatic rings. The zero-order chi connectivity index (χ0) is 22.6. The van der Waals surface area contributed by atoms with E-state index in [0.717, 1.165) is 17.1 Å². The van der Waals surface area contributed by atoms with Crippen molar-refractivity contribution in [3.05, 3.63) is 71.9 Å². The molecule has 2 aromatic carbocycles. The molecular formula is C24H28N4O3. The predicted octanol–water partition coefficient (Wildman–Crippen LogP) is 3.89. The van der Waals surface area contributed by atoms with Gasteiger partial charge in [0.25, 0.3) is 5.91 Å². The van der Waals surface area contributed by atoms with E-state index in [0.29, 0.717) is 11.4 Å². The van der Waals surface area contributed by atoms with Crippen LogP contribution in [0.25, 0.3) is 5.69 Å². The average molecular weight is 421 g/mol. The van der Waals surface area contributed by atoms with Crippen LogP contribution >= 0.6 is 0 Å². The molecule has 7 heteroatoms. The molecule has 0 spiro atoms. The summed E-state index contributed by atoms with van der Waals surface area (Å²) >= 11 is 0. The van der Waals surface area contributed by atoms with Gasteiger partial charge < -0.3 is 15.0 Å². The zero-order valence-corrected chi connectivity index (χ0v) is 18.5. The fourth-order valence-electron chi connectivity index (χ4n) is 3.03. The molecule has 0 unspecified atom stereocenters. The molecule has 31 heavy (non-hydrogen) atoms. The Bertz CT molecular complexity index is 1050. The number of hydrogen-bond acceptors (Lipinski definition) is 4. The van der Waals surface area contributed by atoms with E-state index in [1.807, 2.05) is 36.4 Å². The third kappa shape index (κ3) is 5.31. The SMILES string of the molecule is COc1ccc(-n2nc(C(C)(C)C)cc2NC(=O)CN(C)C(=O)c2ccccc2)cc1. The van der Waals surface area contributed by atoms with E-state index in [-0.39, 0.29) is 23.8 Å². The van der Waals surface area contributed by atoms with Gasteiger partial charge in [-0.3, -0.25) is 9.59 Å². The average Bonchev–Trinajstić information content (AvgIpc) is 3.18. The molecule has 1 N–H and O–H groups in total. The number of hydrogen-bond donors (Lipinski definition) is 1. The molecular weight excluding hydrogens is 392 g/mol. The highest BCUT2D eigenvalue weighted by molar-refractivity contribution is 5.99. The molecule has 0 aliphatic carbocycles. The molecule has 3 rings (SSSR count). The number of benzene rings is 2.